The maximum Gasteiger partial charge on any atom is 0.246 e. The van der Waals surface area contributed by atoms with Crippen LogP contribution in [0, 0.1) is 0 Å². The van der Waals surface area contributed by atoms with Gasteiger partial charge in [-0.05, 0) is 24.3 Å². The van der Waals surface area contributed by atoms with Crippen LogP contribution in [-0.2, 0) is 0 Å². The second-order valence-corrected chi connectivity index (χ2v) is 4.04. The molecule has 3 rings (SSSR count). The lowest BCUT2D eigenvalue weighted by Gasteiger charge is -1.93. The minimum absolute atomic E-state index is 0.460. The number of nitrogens with two attached hydrogens (primary N) is 1. The van der Waals surface area contributed by atoms with E-state index in [-0.39, 0.29) is 0 Å². The number of hydrogen-bond acceptors (Lipinski definition) is 4. The molecule has 17 heavy (non-hydrogen) atoms. The number of halogens is 1. The lowest BCUT2D eigenvalue weighted by Crippen LogP contribution is -1.82. The molecule has 84 valence electrons. The monoisotopic (exact) mass is 245 g/mol. The molecule has 5 heteroatoms. The first-order valence-electron chi connectivity index (χ1n) is 5.00. The van der Waals surface area contributed by atoms with E-state index in [0.717, 1.165) is 5.52 Å². The highest BCUT2D eigenvalue weighted by molar-refractivity contribution is 6.30. The molecule has 0 unspecified atom stereocenters. The van der Waals surface area contributed by atoms with Gasteiger partial charge >= 0.3 is 0 Å². The van der Waals surface area contributed by atoms with Gasteiger partial charge in [-0.15, -0.1) is 0 Å². The number of fused-ring (bicyclic) bond motifs is 1. The number of pyridine rings is 1. The second-order valence-electron chi connectivity index (χ2n) is 3.61. The topological polar surface area (TPSA) is 64.9 Å². The summed E-state index contributed by atoms with van der Waals surface area (Å²) >= 11 is 5.77. The molecule has 4 nitrogen and oxygen atoms in total. The number of aromatic nitrogens is 2. The van der Waals surface area contributed by atoms with Gasteiger partial charge in [-0.3, -0.25) is 0 Å². The number of nitrogens with zero attached hydrogens (tertiary/aromatic N) is 2. The Labute approximate surface area is 102 Å². The Morgan fingerprint density at radius 1 is 1.18 bits per heavy atom. The van der Waals surface area contributed by atoms with E-state index in [1.165, 1.54) is 0 Å². The zero-order valence-corrected chi connectivity index (χ0v) is 9.48. The normalized spacial score (nSPS) is 10.9. The van der Waals surface area contributed by atoms with Crippen LogP contribution in [-0.4, -0.2) is 9.97 Å². The Kier molecular flexibility index (Phi) is 2.23. The molecule has 0 radical (unpaired) electrons. The summed E-state index contributed by atoms with van der Waals surface area (Å²) in [6.45, 7) is 0. The maximum absolute atomic E-state index is 5.77. The van der Waals surface area contributed by atoms with Crippen molar-refractivity contribution >= 4 is 28.4 Å². The van der Waals surface area contributed by atoms with E-state index in [0.29, 0.717) is 27.9 Å². The van der Waals surface area contributed by atoms with Crippen molar-refractivity contribution in [2.75, 3.05) is 5.73 Å². The fourth-order valence-electron chi connectivity index (χ4n) is 1.55. The minimum Gasteiger partial charge on any atom is -0.435 e. The average molecular weight is 246 g/mol. The van der Waals surface area contributed by atoms with Crippen LogP contribution in [0.25, 0.3) is 22.7 Å². The van der Waals surface area contributed by atoms with Gasteiger partial charge in [0.15, 0.2) is 5.58 Å². The molecular formula is C12H8ClN3O. The van der Waals surface area contributed by atoms with E-state index in [2.05, 4.69) is 9.97 Å². The van der Waals surface area contributed by atoms with Crippen molar-refractivity contribution in [3.8, 4) is 11.6 Å². The fourth-order valence-corrected chi connectivity index (χ4v) is 1.66. The summed E-state index contributed by atoms with van der Waals surface area (Å²) in [5.74, 6) is 0.460. The Morgan fingerprint density at radius 2 is 2.06 bits per heavy atom. The summed E-state index contributed by atoms with van der Waals surface area (Å²) in [4.78, 5) is 8.47. The third-order valence-electron chi connectivity index (χ3n) is 2.36. The summed E-state index contributed by atoms with van der Waals surface area (Å²) < 4.78 is 5.58. The number of anilines is 1. The molecular weight excluding hydrogens is 238 g/mol. The Morgan fingerprint density at radius 3 is 2.82 bits per heavy atom. The zero-order chi connectivity index (χ0) is 11.8. The van der Waals surface area contributed by atoms with Crippen molar-refractivity contribution in [3.63, 3.8) is 0 Å². The van der Waals surface area contributed by atoms with Crippen molar-refractivity contribution in [1.29, 1.82) is 0 Å². The number of nitrogen functional groups attached to an aromatic ring is 1. The molecule has 1 aromatic carbocycles. The standard InChI is InChI=1S/C12H8ClN3O/c13-7-1-3-10(15-6-7)12-16-9-4-2-8(14)5-11(9)17-12/h1-6H,14H2. The summed E-state index contributed by atoms with van der Waals surface area (Å²) in [7, 11) is 0. The average Bonchev–Trinajstić information content (AvgIpc) is 2.72. The molecule has 0 aliphatic carbocycles. The van der Waals surface area contributed by atoms with Crippen LogP contribution < -0.4 is 5.73 Å². The predicted molar refractivity (Wildman–Crippen MR) is 66.7 cm³/mol. The van der Waals surface area contributed by atoms with E-state index in [1.807, 2.05) is 6.07 Å². The molecule has 0 saturated carbocycles. The molecule has 2 heterocycles. The lowest BCUT2D eigenvalue weighted by atomic mass is 10.3. The first kappa shape index (κ1) is 10.1. The van der Waals surface area contributed by atoms with Crippen molar-refractivity contribution in [2.24, 2.45) is 0 Å². The summed E-state index contributed by atoms with van der Waals surface area (Å²) in [6, 6.07) is 8.84. The van der Waals surface area contributed by atoms with E-state index in [4.69, 9.17) is 21.8 Å². The van der Waals surface area contributed by atoms with Gasteiger partial charge in [0, 0.05) is 18.0 Å². The molecule has 0 amide bonds. The molecule has 0 spiro atoms. The molecule has 2 N–H and O–H groups in total. The van der Waals surface area contributed by atoms with Crippen LogP contribution in [0.5, 0.6) is 0 Å². The van der Waals surface area contributed by atoms with Crippen molar-refractivity contribution in [1.82, 2.24) is 9.97 Å². The summed E-state index contributed by atoms with van der Waals surface area (Å²) in [5, 5.41) is 0.578. The molecule has 0 aliphatic heterocycles. The molecule has 0 saturated heterocycles. The van der Waals surface area contributed by atoms with Gasteiger partial charge in [-0.1, -0.05) is 11.6 Å². The quantitative estimate of drug-likeness (QED) is 0.669. The van der Waals surface area contributed by atoms with Crippen LogP contribution >= 0.6 is 11.6 Å². The van der Waals surface area contributed by atoms with Gasteiger partial charge in [0.1, 0.15) is 11.2 Å². The predicted octanol–water partition coefficient (Wildman–Crippen LogP) is 3.13. The van der Waals surface area contributed by atoms with Gasteiger partial charge in [-0.25, -0.2) is 9.97 Å². The van der Waals surface area contributed by atoms with E-state index >= 15 is 0 Å². The smallest absolute Gasteiger partial charge is 0.246 e. The second kappa shape index (κ2) is 3.75. The van der Waals surface area contributed by atoms with Crippen LogP contribution in [0.4, 0.5) is 5.69 Å². The molecule has 3 aromatic rings. The van der Waals surface area contributed by atoms with Crippen molar-refractivity contribution in [2.45, 2.75) is 0 Å². The highest BCUT2D eigenvalue weighted by Gasteiger charge is 2.09. The van der Waals surface area contributed by atoms with Crippen LogP contribution in [0.3, 0.4) is 0 Å². The molecule has 0 atom stereocenters. The minimum atomic E-state index is 0.460. The van der Waals surface area contributed by atoms with Crippen LogP contribution in [0.2, 0.25) is 5.02 Å². The summed E-state index contributed by atoms with van der Waals surface area (Å²) in [6.07, 6.45) is 1.56. The Balaban J connectivity index is 2.14. The van der Waals surface area contributed by atoms with E-state index < -0.39 is 0 Å². The first-order valence-corrected chi connectivity index (χ1v) is 5.38. The third-order valence-corrected chi connectivity index (χ3v) is 2.58. The van der Waals surface area contributed by atoms with Crippen molar-refractivity contribution < 1.29 is 4.42 Å². The Hall–Kier alpha value is -2.07. The zero-order valence-electron chi connectivity index (χ0n) is 8.72. The number of rotatable bonds is 1. The van der Waals surface area contributed by atoms with E-state index in [1.54, 1.807) is 30.5 Å². The SMILES string of the molecule is Nc1ccc2nc(-c3ccc(Cl)cn3)oc2c1. The molecule has 0 aliphatic rings. The molecule has 2 aromatic heterocycles. The lowest BCUT2D eigenvalue weighted by molar-refractivity contribution is 0.617. The summed E-state index contributed by atoms with van der Waals surface area (Å²) in [5.41, 5.74) is 8.36. The van der Waals surface area contributed by atoms with Gasteiger partial charge < -0.3 is 10.2 Å². The fraction of sp³-hybridized carbons (Fsp3) is 0. The number of hydrogen-bond donors (Lipinski definition) is 1. The first-order chi connectivity index (χ1) is 8.22. The Bertz CT molecular complexity index is 676. The molecule has 0 fully saturated rings. The number of oxazole rings is 1. The van der Waals surface area contributed by atoms with Gasteiger partial charge in [0.2, 0.25) is 5.89 Å². The highest BCUT2D eigenvalue weighted by Crippen LogP contribution is 2.24. The van der Waals surface area contributed by atoms with E-state index in [9.17, 15) is 0 Å². The maximum atomic E-state index is 5.77. The van der Waals surface area contributed by atoms with Crippen LogP contribution in [0.15, 0.2) is 40.9 Å². The number of benzene rings is 1. The van der Waals surface area contributed by atoms with Gasteiger partial charge in [0.25, 0.3) is 0 Å². The molecule has 0 bridgehead atoms. The highest BCUT2D eigenvalue weighted by atomic mass is 35.5. The van der Waals surface area contributed by atoms with Gasteiger partial charge in [0.05, 0.1) is 5.02 Å². The largest absolute Gasteiger partial charge is 0.435 e. The van der Waals surface area contributed by atoms with Gasteiger partial charge in [-0.2, -0.15) is 0 Å². The third kappa shape index (κ3) is 1.83. The van der Waals surface area contributed by atoms with Crippen LogP contribution in [0.1, 0.15) is 0 Å². The van der Waals surface area contributed by atoms with Crippen molar-refractivity contribution in [3.05, 3.63) is 41.6 Å².